The molecule has 0 saturated heterocycles. The maximum absolute atomic E-state index is 3.50. The Balaban J connectivity index is 2.12. The van der Waals surface area contributed by atoms with E-state index in [2.05, 4.69) is 43.4 Å². The third-order valence-corrected chi connectivity index (χ3v) is 2.97. The molecular weight excluding hydrogens is 194 g/mol. The summed E-state index contributed by atoms with van der Waals surface area (Å²) in [5.41, 5.74) is 2.82. The van der Waals surface area contributed by atoms with Crippen LogP contribution in [-0.2, 0) is 13.0 Å². The monoisotopic (exact) mass is 219 g/mol. The average molecular weight is 219 g/mol. The topological polar surface area (TPSA) is 12.0 Å². The molecule has 0 heterocycles. The quantitative estimate of drug-likeness (QED) is 0.653. The van der Waals surface area contributed by atoms with Crippen molar-refractivity contribution in [2.24, 2.45) is 0 Å². The smallest absolute Gasteiger partial charge is 0.0205 e. The lowest BCUT2D eigenvalue weighted by atomic mass is 10.1. The summed E-state index contributed by atoms with van der Waals surface area (Å²) in [6, 6.07) is 8.93. The van der Waals surface area contributed by atoms with Crippen LogP contribution in [0.25, 0.3) is 0 Å². The highest BCUT2D eigenvalue weighted by Crippen LogP contribution is 2.05. The molecule has 0 bridgehead atoms. The summed E-state index contributed by atoms with van der Waals surface area (Å²) in [6.07, 6.45) is 6.48. The van der Waals surface area contributed by atoms with Crippen LogP contribution in [-0.4, -0.2) is 6.54 Å². The Labute approximate surface area is 100 Å². The minimum atomic E-state index is 1.01. The number of aryl methyl sites for hydroxylation is 1. The first-order valence-corrected chi connectivity index (χ1v) is 6.65. The van der Waals surface area contributed by atoms with Crippen molar-refractivity contribution in [3.63, 3.8) is 0 Å². The maximum atomic E-state index is 3.50. The van der Waals surface area contributed by atoms with Gasteiger partial charge in [0.05, 0.1) is 0 Å². The highest BCUT2D eigenvalue weighted by molar-refractivity contribution is 5.22. The highest BCUT2D eigenvalue weighted by Gasteiger charge is 1.93. The van der Waals surface area contributed by atoms with Crippen LogP contribution in [0.4, 0.5) is 0 Å². The van der Waals surface area contributed by atoms with Gasteiger partial charge in [-0.1, -0.05) is 57.4 Å². The van der Waals surface area contributed by atoms with E-state index in [0.717, 1.165) is 19.5 Å². The van der Waals surface area contributed by atoms with E-state index in [4.69, 9.17) is 0 Å². The number of nitrogens with one attached hydrogen (secondary N) is 1. The number of benzene rings is 1. The van der Waals surface area contributed by atoms with Crippen LogP contribution in [0.3, 0.4) is 0 Å². The van der Waals surface area contributed by atoms with E-state index in [1.54, 1.807) is 0 Å². The predicted molar refractivity (Wildman–Crippen MR) is 71.7 cm³/mol. The van der Waals surface area contributed by atoms with Gasteiger partial charge in [-0.25, -0.2) is 0 Å². The van der Waals surface area contributed by atoms with E-state index in [0.29, 0.717) is 0 Å². The molecule has 0 spiro atoms. The Kier molecular flexibility index (Phi) is 6.91. The molecule has 16 heavy (non-hydrogen) atoms. The molecule has 1 aromatic rings. The van der Waals surface area contributed by atoms with E-state index < -0.39 is 0 Å². The predicted octanol–water partition coefficient (Wildman–Crippen LogP) is 3.92. The van der Waals surface area contributed by atoms with E-state index >= 15 is 0 Å². The van der Waals surface area contributed by atoms with Gasteiger partial charge in [-0.05, 0) is 30.5 Å². The fourth-order valence-corrected chi connectivity index (χ4v) is 1.80. The zero-order valence-electron chi connectivity index (χ0n) is 10.8. The van der Waals surface area contributed by atoms with Gasteiger partial charge in [0.25, 0.3) is 0 Å². The van der Waals surface area contributed by atoms with E-state index in [9.17, 15) is 0 Å². The van der Waals surface area contributed by atoms with Crippen LogP contribution in [0, 0.1) is 0 Å². The van der Waals surface area contributed by atoms with Gasteiger partial charge in [-0.15, -0.1) is 0 Å². The summed E-state index contributed by atoms with van der Waals surface area (Å²) in [4.78, 5) is 0. The van der Waals surface area contributed by atoms with Gasteiger partial charge in [0.1, 0.15) is 0 Å². The van der Waals surface area contributed by atoms with Crippen molar-refractivity contribution in [1.29, 1.82) is 0 Å². The summed E-state index contributed by atoms with van der Waals surface area (Å²) in [5.74, 6) is 0. The summed E-state index contributed by atoms with van der Waals surface area (Å²) in [6.45, 7) is 6.61. The van der Waals surface area contributed by atoms with Crippen molar-refractivity contribution >= 4 is 0 Å². The molecule has 1 heteroatoms. The van der Waals surface area contributed by atoms with E-state index in [1.807, 2.05) is 0 Å². The first-order valence-electron chi connectivity index (χ1n) is 6.65. The van der Waals surface area contributed by atoms with Gasteiger partial charge >= 0.3 is 0 Å². The molecule has 0 fully saturated rings. The van der Waals surface area contributed by atoms with Crippen LogP contribution in [0.2, 0.25) is 0 Å². The molecule has 1 rings (SSSR count). The molecule has 0 unspecified atom stereocenters. The molecule has 0 saturated carbocycles. The van der Waals surface area contributed by atoms with Gasteiger partial charge in [-0.2, -0.15) is 0 Å². The average Bonchev–Trinajstić information content (AvgIpc) is 2.34. The highest BCUT2D eigenvalue weighted by atomic mass is 14.8. The summed E-state index contributed by atoms with van der Waals surface area (Å²) in [5, 5.41) is 3.50. The van der Waals surface area contributed by atoms with Crippen LogP contribution in [0.15, 0.2) is 24.3 Å². The van der Waals surface area contributed by atoms with Crippen LogP contribution < -0.4 is 5.32 Å². The number of hydrogen-bond acceptors (Lipinski definition) is 1. The SMILES string of the molecule is CCCCCCNCc1ccc(CC)cc1. The van der Waals surface area contributed by atoms with Gasteiger partial charge < -0.3 is 5.32 Å². The largest absolute Gasteiger partial charge is 0.313 e. The summed E-state index contributed by atoms with van der Waals surface area (Å²) >= 11 is 0. The summed E-state index contributed by atoms with van der Waals surface area (Å²) < 4.78 is 0. The number of unbranched alkanes of at least 4 members (excludes halogenated alkanes) is 3. The third-order valence-electron chi connectivity index (χ3n) is 2.97. The van der Waals surface area contributed by atoms with Gasteiger partial charge in [-0.3, -0.25) is 0 Å². The molecular formula is C15H25N. The number of rotatable bonds is 8. The second-order valence-corrected chi connectivity index (χ2v) is 4.41. The standard InChI is InChI=1S/C15H25N/c1-3-5-6-7-12-16-13-15-10-8-14(4-2)9-11-15/h8-11,16H,3-7,12-13H2,1-2H3. The molecule has 0 amide bonds. The normalized spacial score (nSPS) is 10.6. The fourth-order valence-electron chi connectivity index (χ4n) is 1.80. The molecule has 0 radical (unpaired) electrons. The lowest BCUT2D eigenvalue weighted by Crippen LogP contribution is -2.14. The first-order chi connectivity index (χ1) is 7.86. The molecule has 0 aliphatic carbocycles. The molecule has 0 atom stereocenters. The minimum absolute atomic E-state index is 1.01. The molecule has 1 N–H and O–H groups in total. The van der Waals surface area contributed by atoms with Crippen LogP contribution in [0.5, 0.6) is 0 Å². The Morgan fingerprint density at radius 3 is 2.19 bits per heavy atom. The molecule has 90 valence electrons. The Morgan fingerprint density at radius 1 is 0.875 bits per heavy atom. The Bertz CT molecular complexity index is 263. The van der Waals surface area contributed by atoms with Gasteiger partial charge in [0.15, 0.2) is 0 Å². The van der Waals surface area contributed by atoms with Crippen LogP contribution in [0.1, 0.15) is 50.7 Å². The zero-order valence-corrected chi connectivity index (χ0v) is 10.8. The van der Waals surface area contributed by atoms with E-state index in [-0.39, 0.29) is 0 Å². The van der Waals surface area contributed by atoms with E-state index in [1.165, 1.54) is 36.8 Å². The van der Waals surface area contributed by atoms with Crippen molar-refractivity contribution < 1.29 is 0 Å². The second-order valence-electron chi connectivity index (χ2n) is 4.41. The van der Waals surface area contributed by atoms with Crippen molar-refractivity contribution in [2.75, 3.05) is 6.54 Å². The first kappa shape index (κ1) is 13.2. The second kappa shape index (κ2) is 8.35. The molecule has 1 nitrogen and oxygen atoms in total. The fraction of sp³-hybridized carbons (Fsp3) is 0.600. The van der Waals surface area contributed by atoms with Gasteiger partial charge in [0, 0.05) is 6.54 Å². The van der Waals surface area contributed by atoms with Crippen LogP contribution >= 0.6 is 0 Å². The molecule has 0 aliphatic rings. The van der Waals surface area contributed by atoms with Crippen molar-refractivity contribution in [3.8, 4) is 0 Å². The Hall–Kier alpha value is -0.820. The van der Waals surface area contributed by atoms with Gasteiger partial charge in [0.2, 0.25) is 0 Å². The lowest BCUT2D eigenvalue weighted by Gasteiger charge is -2.05. The molecule has 1 aromatic carbocycles. The van der Waals surface area contributed by atoms with Crippen molar-refractivity contribution in [1.82, 2.24) is 5.32 Å². The minimum Gasteiger partial charge on any atom is -0.313 e. The summed E-state index contributed by atoms with van der Waals surface area (Å²) in [7, 11) is 0. The number of hydrogen-bond donors (Lipinski definition) is 1. The van der Waals surface area contributed by atoms with Crippen molar-refractivity contribution in [3.05, 3.63) is 35.4 Å². The Morgan fingerprint density at radius 2 is 1.56 bits per heavy atom. The third kappa shape index (κ3) is 5.32. The van der Waals surface area contributed by atoms with Crippen molar-refractivity contribution in [2.45, 2.75) is 52.5 Å². The lowest BCUT2D eigenvalue weighted by molar-refractivity contribution is 0.598. The molecule has 0 aliphatic heterocycles. The molecule has 0 aromatic heterocycles. The zero-order chi connectivity index (χ0) is 11.6. The maximum Gasteiger partial charge on any atom is 0.0205 e.